The zero-order valence-electron chi connectivity index (χ0n) is 9.36. The van der Waals surface area contributed by atoms with Gasteiger partial charge < -0.3 is 15.2 Å². The summed E-state index contributed by atoms with van der Waals surface area (Å²) in [5.41, 5.74) is 0. The molecule has 0 unspecified atom stereocenters. The summed E-state index contributed by atoms with van der Waals surface area (Å²) < 4.78 is 5.17. The second kappa shape index (κ2) is 6.44. The number of carboxylic acids is 1. The average molecular weight is 230 g/mol. The van der Waals surface area contributed by atoms with E-state index in [1.54, 1.807) is 0 Å². The molecule has 0 aromatic heterocycles. The second-order valence-corrected chi connectivity index (χ2v) is 3.89. The summed E-state index contributed by atoms with van der Waals surface area (Å²) in [6, 6.07) is -0.552. The molecule has 16 heavy (non-hydrogen) atoms. The first-order chi connectivity index (χ1) is 7.59. The van der Waals surface area contributed by atoms with Crippen LogP contribution in [0.15, 0.2) is 0 Å². The number of hydrogen-bond acceptors (Lipinski definition) is 4. The Morgan fingerprint density at radius 3 is 2.62 bits per heavy atom. The van der Waals surface area contributed by atoms with Crippen LogP contribution in [0.3, 0.4) is 0 Å². The fourth-order valence-corrected chi connectivity index (χ4v) is 1.45. The first-order valence-corrected chi connectivity index (χ1v) is 5.43. The SMILES string of the molecule is C[C@@H](NCC(=O)NC1CCOCC1)C(=O)O. The quantitative estimate of drug-likeness (QED) is 0.584. The molecule has 0 aromatic rings. The molecule has 0 aromatic carbocycles. The summed E-state index contributed by atoms with van der Waals surface area (Å²) >= 11 is 0. The molecule has 1 aliphatic rings. The van der Waals surface area contributed by atoms with Gasteiger partial charge in [-0.15, -0.1) is 0 Å². The summed E-state index contributed by atoms with van der Waals surface area (Å²) in [7, 11) is 0. The summed E-state index contributed by atoms with van der Waals surface area (Å²) in [5, 5.41) is 14.1. The summed E-state index contributed by atoms with van der Waals surface area (Å²) in [6.45, 7) is 2.88. The molecule has 0 saturated carbocycles. The van der Waals surface area contributed by atoms with Gasteiger partial charge in [0.2, 0.25) is 5.91 Å². The van der Waals surface area contributed by atoms with E-state index in [0.717, 1.165) is 12.8 Å². The summed E-state index contributed by atoms with van der Waals surface area (Å²) in [5.74, 6) is -1.13. The molecule has 6 heteroatoms. The lowest BCUT2D eigenvalue weighted by molar-refractivity contribution is -0.139. The number of rotatable bonds is 5. The number of carbonyl (C=O) groups excluding carboxylic acids is 1. The van der Waals surface area contributed by atoms with Gasteiger partial charge in [-0.2, -0.15) is 0 Å². The molecule has 6 nitrogen and oxygen atoms in total. The van der Waals surface area contributed by atoms with Gasteiger partial charge in [-0.05, 0) is 19.8 Å². The third-order valence-corrected chi connectivity index (χ3v) is 2.53. The zero-order chi connectivity index (χ0) is 12.0. The van der Waals surface area contributed by atoms with Crippen LogP contribution in [-0.2, 0) is 14.3 Å². The highest BCUT2D eigenvalue weighted by molar-refractivity contribution is 5.80. The molecule has 0 radical (unpaired) electrons. The third kappa shape index (κ3) is 4.59. The van der Waals surface area contributed by atoms with E-state index in [2.05, 4.69) is 10.6 Å². The molecule has 92 valence electrons. The standard InChI is InChI=1S/C10H18N2O4/c1-7(10(14)15)11-6-9(13)12-8-2-4-16-5-3-8/h7-8,11H,2-6H2,1H3,(H,12,13)(H,14,15)/t7-/m1/s1. The van der Waals surface area contributed by atoms with Crippen molar-refractivity contribution >= 4 is 11.9 Å². The molecule has 1 aliphatic heterocycles. The van der Waals surface area contributed by atoms with Gasteiger partial charge in [-0.3, -0.25) is 14.9 Å². The Balaban J connectivity index is 2.17. The van der Waals surface area contributed by atoms with Gasteiger partial charge in [-0.25, -0.2) is 0 Å². The molecule has 1 heterocycles. The van der Waals surface area contributed by atoms with Crippen molar-refractivity contribution in [1.82, 2.24) is 10.6 Å². The van der Waals surface area contributed by atoms with E-state index >= 15 is 0 Å². The fourth-order valence-electron chi connectivity index (χ4n) is 1.45. The van der Waals surface area contributed by atoms with Crippen LogP contribution < -0.4 is 10.6 Å². The smallest absolute Gasteiger partial charge is 0.320 e. The predicted octanol–water partition coefficient (Wildman–Crippen LogP) is -0.656. The number of aliphatic carboxylic acids is 1. The Morgan fingerprint density at radius 2 is 2.06 bits per heavy atom. The zero-order valence-corrected chi connectivity index (χ0v) is 9.36. The van der Waals surface area contributed by atoms with Gasteiger partial charge in [0.05, 0.1) is 6.54 Å². The molecule has 1 rings (SSSR count). The van der Waals surface area contributed by atoms with Gasteiger partial charge in [0.15, 0.2) is 0 Å². The van der Waals surface area contributed by atoms with E-state index < -0.39 is 12.0 Å². The van der Waals surface area contributed by atoms with Crippen molar-refractivity contribution in [1.29, 1.82) is 0 Å². The minimum absolute atomic E-state index is 0.0326. The van der Waals surface area contributed by atoms with Crippen molar-refractivity contribution in [3.8, 4) is 0 Å². The molecule has 0 spiro atoms. The molecule has 3 N–H and O–H groups in total. The van der Waals surface area contributed by atoms with Crippen molar-refractivity contribution in [3.05, 3.63) is 0 Å². The number of carbonyl (C=O) groups is 2. The van der Waals surface area contributed by atoms with Crippen molar-refractivity contribution in [2.45, 2.75) is 31.8 Å². The van der Waals surface area contributed by atoms with Crippen molar-refractivity contribution in [2.75, 3.05) is 19.8 Å². The second-order valence-electron chi connectivity index (χ2n) is 3.89. The molecule has 1 atom stereocenters. The van der Waals surface area contributed by atoms with Gasteiger partial charge in [0, 0.05) is 19.3 Å². The van der Waals surface area contributed by atoms with Crippen LogP contribution in [-0.4, -0.2) is 48.8 Å². The van der Waals surface area contributed by atoms with E-state index in [1.165, 1.54) is 6.92 Å². The van der Waals surface area contributed by atoms with Crippen LogP contribution in [0.4, 0.5) is 0 Å². The minimum Gasteiger partial charge on any atom is -0.480 e. The molecular formula is C10H18N2O4. The maximum Gasteiger partial charge on any atom is 0.320 e. The van der Waals surface area contributed by atoms with E-state index in [-0.39, 0.29) is 18.5 Å². The lowest BCUT2D eigenvalue weighted by atomic mass is 10.1. The topological polar surface area (TPSA) is 87.7 Å². The monoisotopic (exact) mass is 230 g/mol. The third-order valence-electron chi connectivity index (χ3n) is 2.53. The molecule has 0 aliphatic carbocycles. The first kappa shape index (κ1) is 12.9. The average Bonchev–Trinajstić information content (AvgIpc) is 2.27. The van der Waals surface area contributed by atoms with E-state index in [4.69, 9.17) is 9.84 Å². The van der Waals surface area contributed by atoms with E-state index in [9.17, 15) is 9.59 Å². The van der Waals surface area contributed by atoms with Crippen molar-refractivity contribution in [2.24, 2.45) is 0 Å². The number of carboxylic acid groups (broad SMARTS) is 1. The van der Waals surface area contributed by atoms with Crippen LogP contribution in [0.1, 0.15) is 19.8 Å². The highest BCUT2D eigenvalue weighted by atomic mass is 16.5. The van der Waals surface area contributed by atoms with Gasteiger partial charge >= 0.3 is 5.97 Å². The van der Waals surface area contributed by atoms with Gasteiger partial charge in [0.25, 0.3) is 0 Å². The Labute approximate surface area is 94.3 Å². The van der Waals surface area contributed by atoms with Gasteiger partial charge in [0.1, 0.15) is 6.04 Å². The first-order valence-electron chi connectivity index (χ1n) is 5.43. The normalized spacial score (nSPS) is 19.1. The molecule has 1 amide bonds. The van der Waals surface area contributed by atoms with Crippen LogP contribution in [0, 0.1) is 0 Å². The van der Waals surface area contributed by atoms with Crippen molar-refractivity contribution in [3.63, 3.8) is 0 Å². The highest BCUT2D eigenvalue weighted by Gasteiger charge is 2.17. The minimum atomic E-state index is -0.959. The Bertz CT molecular complexity index is 251. The van der Waals surface area contributed by atoms with Crippen LogP contribution >= 0.6 is 0 Å². The highest BCUT2D eigenvalue weighted by Crippen LogP contribution is 2.05. The van der Waals surface area contributed by atoms with Crippen molar-refractivity contribution < 1.29 is 19.4 Å². The fraction of sp³-hybridized carbons (Fsp3) is 0.800. The molecule has 1 saturated heterocycles. The molecular weight excluding hydrogens is 212 g/mol. The number of hydrogen-bond donors (Lipinski definition) is 3. The number of amides is 1. The van der Waals surface area contributed by atoms with E-state index in [0.29, 0.717) is 13.2 Å². The van der Waals surface area contributed by atoms with Crippen LogP contribution in [0.2, 0.25) is 0 Å². The molecule has 1 fully saturated rings. The largest absolute Gasteiger partial charge is 0.480 e. The maximum atomic E-state index is 11.4. The predicted molar refractivity (Wildman–Crippen MR) is 57.1 cm³/mol. The number of nitrogens with one attached hydrogen (secondary N) is 2. The molecule has 0 bridgehead atoms. The van der Waals surface area contributed by atoms with Crippen LogP contribution in [0.25, 0.3) is 0 Å². The lowest BCUT2D eigenvalue weighted by Gasteiger charge is -2.23. The van der Waals surface area contributed by atoms with E-state index in [1.807, 2.05) is 0 Å². The van der Waals surface area contributed by atoms with Gasteiger partial charge in [-0.1, -0.05) is 0 Å². The lowest BCUT2D eigenvalue weighted by Crippen LogP contribution is -2.46. The van der Waals surface area contributed by atoms with Crippen LogP contribution in [0.5, 0.6) is 0 Å². The Hall–Kier alpha value is -1.14. The Morgan fingerprint density at radius 1 is 1.44 bits per heavy atom. The summed E-state index contributed by atoms with van der Waals surface area (Å²) in [6.07, 6.45) is 1.64. The number of ether oxygens (including phenoxy) is 1. The summed E-state index contributed by atoms with van der Waals surface area (Å²) in [4.78, 5) is 21.9. The Kier molecular flexibility index (Phi) is 5.21. The maximum absolute atomic E-state index is 11.4.